The van der Waals surface area contributed by atoms with E-state index in [0.29, 0.717) is 18.0 Å². The number of amides is 1. The van der Waals surface area contributed by atoms with E-state index < -0.39 is 17.2 Å². The average Bonchev–Trinajstić information content (AvgIpc) is 3.17. The van der Waals surface area contributed by atoms with Crippen LogP contribution in [0.4, 0.5) is 5.69 Å². The summed E-state index contributed by atoms with van der Waals surface area (Å²) in [4.78, 5) is 42.6. The maximum absolute atomic E-state index is 13.1. The Morgan fingerprint density at radius 3 is 2.55 bits per heavy atom. The van der Waals surface area contributed by atoms with E-state index in [4.69, 9.17) is 9.47 Å². The highest BCUT2D eigenvalue weighted by Crippen LogP contribution is 2.29. The average molecular weight is 393 g/mol. The van der Waals surface area contributed by atoms with Gasteiger partial charge in [0, 0.05) is 24.5 Å². The molecular formula is C21H19N3O5. The minimum atomic E-state index is -0.699. The molecule has 1 aliphatic rings. The van der Waals surface area contributed by atoms with Gasteiger partial charge in [-0.1, -0.05) is 18.2 Å². The molecular weight excluding hydrogens is 374 g/mol. The Balaban J connectivity index is 1.80. The van der Waals surface area contributed by atoms with Gasteiger partial charge in [-0.3, -0.25) is 9.59 Å². The number of anilines is 1. The van der Waals surface area contributed by atoms with Gasteiger partial charge in [0.1, 0.15) is 5.56 Å². The van der Waals surface area contributed by atoms with Crippen molar-refractivity contribution in [1.29, 1.82) is 0 Å². The number of fused-ring (bicyclic) bond motifs is 1. The molecule has 0 radical (unpaired) electrons. The third-order valence-corrected chi connectivity index (χ3v) is 4.96. The van der Waals surface area contributed by atoms with Crippen LogP contribution in [0.1, 0.15) is 15.9 Å². The van der Waals surface area contributed by atoms with Gasteiger partial charge in [-0.05, 0) is 30.2 Å². The van der Waals surface area contributed by atoms with Crippen molar-refractivity contribution in [1.82, 2.24) is 9.55 Å². The number of H-pyrrole nitrogens is 1. The van der Waals surface area contributed by atoms with Crippen molar-refractivity contribution in [3.8, 4) is 17.2 Å². The Kier molecular flexibility index (Phi) is 4.67. The molecule has 3 aromatic rings. The van der Waals surface area contributed by atoms with Gasteiger partial charge in [0.05, 0.1) is 19.9 Å². The first-order valence-electron chi connectivity index (χ1n) is 9.02. The fourth-order valence-corrected chi connectivity index (χ4v) is 3.52. The molecule has 2 heterocycles. The molecule has 1 aliphatic heterocycles. The Morgan fingerprint density at radius 1 is 1.03 bits per heavy atom. The normalized spacial score (nSPS) is 12.6. The van der Waals surface area contributed by atoms with Crippen LogP contribution in [0.2, 0.25) is 0 Å². The number of nitrogens with zero attached hydrogens (tertiary/aromatic N) is 2. The summed E-state index contributed by atoms with van der Waals surface area (Å²) in [5.74, 6) is 0.369. The van der Waals surface area contributed by atoms with Gasteiger partial charge in [0.25, 0.3) is 11.5 Å². The van der Waals surface area contributed by atoms with Crippen molar-refractivity contribution in [3.05, 3.63) is 80.6 Å². The Morgan fingerprint density at radius 2 is 1.79 bits per heavy atom. The van der Waals surface area contributed by atoms with Crippen molar-refractivity contribution in [2.45, 2.75) is 6.42 Å². The Bertz CT molecular complexity index is 1210. The fourth-order valence-electron chi connectivity index (χ4n) is 3.52. The van der Waals surface area contributed by atoms with Crippen LogP contribution < -0.4 is 25.6 Å². The number of hydrogen-bond acceptors (Lipinski definition) is 5. The summed E-state index contributed by atoms with van der Waals surface area (Å²) >= 11 is 0. The third-order valence-electron chi connectivity index (χ3n) is 4.96. The molecule has 4 rings (SSSR count). The molecule has 8 heteroatoms. The number of aromatic nitrogens is 2. The first-order chi connectivity index (χ1) is 14.0. The molecule has 1 amide bonds. The largest absolute Gasteiger partial charge is 0.493 e. The molecule has 0 unspecified atom stereocenters. The summed E-state index contributed by atoms with van der Waals surface area (Å²) < 4.78 is 11.4. The van der Waals surface area contributed by atoms with Crippen molar-refractivity contribution in [2.75, 3.05) is 25.7 Å². The highest BCUT2D eigenvalue weighted by molar-refractivity contribution is 6.06. The molecule has 0 fully saturated rings. The number of benzene rings is 2. The lowest BCUT2D eigenvalue weighted by Gasteiger charge is -2.17. The van der Waals surface area contributed by atoms with E-state index in [1.807, 2.05) is 24.3 Å². The molecule has 0 saturated carbocycles. The highest BCUT2D eigenvalue weighted by Gasteiger charge is 2.28. The van der Waals surface area contributed by atoms with Crippen LogP contribution in [-0.4, -0.2) is 36.2 Å². The van der Waals surface area contributed by atoms with Gasteiger partial charge in [-0.15, -0.1) is 0 Å². The first kappa shape index (κ1) is 18.5. The molecule has 8 nitrogen and oxygen atoms in total. The van der Waals surface area contributed by atoms with E-state index >= 15 is 0 Å². The van der Waals surface area contributed by atoms with Crippen molar-refractivity contribution in [2.24, 2.45) is 0 Å². The van der Waals surface area contributed by atoms with E-state index in [1.54, 1.807) is 17.0 Å². The summed E-state index contributed by atoms with van der Waals surface area (Å²) in [5.41, 5.74) is 0.628. The van der Waals surface area contributed by atoms with Gasteiger partial charge in [0.2, 0.25) is 0 Å². The zero-order valence-corrected chi connectivity index (χ0v) is 16.0. The van der Waals surface area contributed by atoms with Crippen molar-refractivity contribution < 1.29 is 14.3 Å². The molecule has 148 valence electrons. The number of carbonyl (C=O) groups is 1. The van der Waals surface area contributed by atoms with E-state index in [1.165, 1.54) is 26.5 Å². The first-order valence-corrected chi connectivity index (χ1v) is 9.02. The lowest BCUT2D eigenvalue weighted by atomic mass is 10.2. The quantitative estimate of drug-likeness (QED) is 0.729. The molecule has 29 heavy (non-hydrogen) atoms. The number of para-hydroxylation sites is 1. The number of carbonyl (C=O) groups excluding carboxylic acids is 1. The van der Waals surface area contributed by atoms with Crippen LogP contribution in [0.25, 0.3) is 5.69 Å². The van der Waals surface area contributed by atoms with Crippen LogP contribution in [0, 0.1) is 0 Å². The van der Waals surface area contributed by atoms with E-state index in [0.717, 1.165) is 22.2 Å². The van der Waals surface area contributed by atoms with Crippen molar-refractivity contribution >= 4 is 11.6 Å². The number of ether oxygens (including phenoxy) is 2. The zero-order valence-electron chi connectivity index (χ0n) is 16.0. The SMILES string of the molecule is COc1ccc(-n2c(=O)[nH]cc(C(=O)N3CCc4ccccc43)c2=O)cc1OC. The molecule has 0 atom stereocenters. The molecule has 0 aliphatic carbocycles. The number of methoxy groups -OCH3 is 2. The lowest BCUT2D eigenvalue weighted by molar-refractivity contribution is 0.0987. The molecule has 0 saturated heterocycles. The van der Waals surface area contributed by atoms with Gasteiger partial charge in [-0.2, -0.15) is 0 Å². The number of hydrogen-bond donors (Lipinski definition) is 1. The molecule has 0 spiro atoms. The second-order valence-corrected chi connectivity index (χ2v) is 6.52. The monoisotopic (exact) mass is 393 g/mol. The summed E-state index contributed by atoms with van der Waals surface area (Å²) in [6, 6.07) is 12.2. The standard InChI is InChI=1S/C21H19N3O5/c1-28-17-8-7-14(11-18(17)29-2)24-20(26)15(12-22-21(24)27)19(25)23-10-9-13-5-3-4-6-16(13)23/h3-8,11-12H,9-10H2,1-2H3,(H,22,27). The van der Waals surface area contributed by atoms with Gasteiger partial charge in [0.15, 0.2) is 11.5 Å². The third kappa shape index (κ3) is 3.08. The van der Waals surface area contributed by atoms with Crippen molar-refractivity contribution in [3.63, 3.8) is 0 Å². The minimum Gasteiger partial charge on any atom is -0.493 e. The van der Waals surface area contributed by atoms with Gasteiger partial charge < -0.3 is 19.4 Å². The van der Waals surface area contributed by atoms with Crippen LogP contribution in [0.3, 0.4) is 0 Å². The fraction of sp³-hybridized carbons (Fsp3) is 0.190. The number of aromatic amines is 1. The van der Waals surface area contributed by atoms with Crippen LogP contribution in [-0.2, 0) is 6.42 Å². The van der Waals surface area contributed by atoms with Crippen LogP contribution in [0.5, 0.6) is 11.5 Å². The number of nitrogens with one attached hydrogen (secondary N) is 1. The number of rotatable bonds is 4. The topological polar surface area (TPSA) is 93.6 Å². The maximum atomic E-state index is 13.1. The predicted octanol–water partition coefficient (Wildman–Crippen LogP) is 1.75. The van der Waals surface area contributed by atoms with E-state index in [9.17, 15) is 14.4 Å². The summed E-state index contributed by atoms with van der Waals surface area (Å²) in [7, 11) is 2.95. The summed E-state index contributed by atoms with van der Waals surface area (Å²) in [6.45, 7) is 0.479. The van der Waals surface area contributed by atoms with Gasteiger partial charge in [-0.25, -0.2) is 9.36 Å². The molecule has 2 aromatic carbocycles. The summed E-state index contributed by atoms with van der Waals surface area (Å²) in [5, 5.41) is 0. The minimum absolute atomic E-state index is 0.115. The second kappa shape index (κ2) is 7.31. The van der Waals surface area contributed by atoms with Gasteiger partial charge >= 0.3 is 5.69 Å². The smallest absolute Gasteiger partial charge is 0.333 e. The molecule has 0 bridgehead atoms. The van der Waals surface area contributed by atoms with E-state index in [2.05, 4.69) is 4.98 Å². The molecule has 1 N–H and O–H groups in total. The lowest BCUT2D eigenvalue weighted by Crippen LogP contribution is -2.41. The van der Waals surface area contributed by atoms with Crippen LogP contribution >= 0.6 is 0 Å². The van der Waals surface area contributed by atoms with E-state index in [-0.39, 0.29) is 11.3 Å². The highest BCUT2D eigenvalue weighted by atomic mass is 16.5. The van der Waals surface area contributed by atoms with Crippen LogP contribution in [0.15, 0.2) is 58.3 Å². The zero-order chi connectivity index (χ0) is 20.5. The Labute approximate surface area is 165 Å². The maximum Gasteiger partial charge on any atom is 0.333 e. The second-order valence-electron chi connectivity index (χ2n) is 6.52. The predicted molar refractivity (Wildman–Crippen MR) is 108 cm³/mol. The Hall–Kier alpha value is -3.81. The summed E-state index contributed by atoms with van der Waals surface area (Å²) in [6.07, 6.45) is 1.89. The molecule has 1 aromatic heterocycles.